The molecule has 0 amide bonds. The molecule has 4 nitrogen and oxygen atoms in total. The number of non-ortho nitro benzene ring substituents is 1. The van der Waals surface area contributed by atoms with Crippen LogP contribution in [0.25, 0.3) is 5.57 Å². The van der Waals surface area contributed by atoms with Crippen molar-refractivity contribution in [1.29, 1.82) is 0 Å². The first-order valence-electron chi connectivity index (χ1n) is 5.02. The maximum Gasteiger partial charge on any atom is 0.269 e. The molecule has 0 aliphatic rings. The van der Waals surface area contributed by atoms with Crippen LogP contribution in [0.1, 0.15) is 26.3 Å². The lowest BCUT2D eigenvalue weighted by atomic mass is 10.1. The highest BCUT2D eigenvalue weighted by molar-refractivity contribution is 5.80. The normalized spacial score (nSPS) is 10.1. The molecule has 4 heteroatoms. The molecule has 0 heterocycles. The minimum atomic E-state index is -0.456. The first-order valence-corrected chi connectivity index (χ1v) is 5.02. The topological polar surface area (TPSA) is 60.2 Å². The number of allylic oxidation sites excluding steroid dienone is 2. The van der Waals surface area contributed by atoms with E-state index in [1.807, 2.05) is 13.8 Å². The number of rotatable bonds is 3. The van der Waals surface area contributed by atoms with Crippen molar-refractivity contribution in [1.82, 2.24) is 0 Å². The number of nitro groups is 1. The Labute approximate surface area is 94.8 Å². The van der Waals surface area contributed by atoms with Gasteiger partial charge in [0.2, 0.25) is 0 Å². The minimum Gasteiger partial charge on any atom is -0.299 e. The molecule has 0 atom stereocenters. The van der Waals surface area contributed by atoms with Gasteiger partial charge in [-0.3, -0.25) is 14.9 Å². The van der Waals surface area contributed by atoms with Crippen molar-refractivity contribution < 1.29 is 9.72 Å². The van der Waals surface area contributed by atoms with E-state index in [2.05, 4.69) is 0 Å². The molecule has 0 fully saturated rings. The van der Waals surface area contributed by atoms with Crippen LogP contribution in [0.4, 0.5) is 5.69 Å². The van der Waals surface area contributed by atoms with Crippen molar-refractivity contribution in [2.45, 2.75) is 20.8 Å². The molecular weight excluding hydrogens is 206 g/mol. The van der Waals surface area contributed by atoms with Gasteiger partial charge in [-0.15, -0.1) is 0 Å². The van der Waals surface area contributed by atoms with E-state index in [-0.39, 0.29) is 5.69 Å². The average Bonchev–Trinajstić information content (AvgIpc) is 2.32. The van der Waals surface area contributed by atoms with Gasteiger partial charge in [-0.1, -0.05) is 13.8 Å². The fourth-order valence-corrected chi connectivity index (χ4v) is 1.04. The summed E-state index contributed by atoms with van der Waals surface area (Å²) >= 11 is 0. The first-order chi connectivity index (χ1) is 7.65. The zero-order valence-electron chi connectivity index (χ0n) is 9.64. The van der Waals surface area contributed by atoms with E-state index >= 15 is 0 Å². The van der Waals surface area contributed by atoms with E-state index in [0.717, 1.165) is 11.1 Å². The monoisotopic (exact) mass is 221 g/mol. The third kappa shape index (κ3) is 4.04. The second kappa shape index (κ2) is 7.34. The number of nitro benzene ring substituents is 1. The van der Waals surface area contributed by atoms with Crippen LogP contribution in [0.2, 0.25) is 0 Å². The third-order valence-electron chi connectivity index (χ3n) is 1.85. The summed E-state index contributed by atoms with van der Waals surface area (Å²) in [7, 11) is 0. The molecule has 1 rings (SSSR count). The molecule has 86 valence electrons. The summed E-state index contributed by atoms with van der Waals surface area (Å²) in [6.07, 6.45) is 2.11. The highest BCUT2D eigenvalue weighted by Gasteiger charge is 2.03. The number of benzene rings is 1. The van der Waals surface area contributed by atoms with E-state index in [1.165, 1.54) is 18.2 Å². The Hall–Kier alpha value is -1.97. The van der Waals surface area contributed by atoms with Crippen LogP contribution in [-0.4, -0.2) is 11.2 Å². The van der Waals surface area contributed by atoms with E-state index in [1.54, 1.807) is 19.1 Å². The van der Waals surface area contributed by atoms with E-state index in [0.29, 0.717) is 6.29 Å². The Kier molecular flexibility index (Phi) is 6.43. The average molecular weight is 221 g/mol. The minimum absolute atomic E-state index is 0.0488. The van der Waals surface area contributed by atoms with Crippen molar-refractivity contribution in [3.8, 4) is 0 Å². The third-order valence-corrected chi connectivity index (χ3v) is 1.85. The molecule has 0 aliphatic carbocycles. The number of carbonyl (C=O) groups is 1. The van der Waals surface area contributed by atoms with Crippen LogP contribution in [-0.2, 0) is 4.79 Å². The smallest absolute Gasteiger partial charge is 0.269 e. The van der Waals surface area contributed by atoms with Gasteiger partial charge in [0.15, 0.2) is 0 Å². The number of nitrogens with zero attached hydrogens (tertiary/aromatic N) is 1. The van der Waals surface area contributed by atoms with E-state index in [9.17, 15) is 14.9 Å². The fourth-order valence-electron chi connectivity index (χ4n) is 1.04. The summed E-state index contributed by atoms with van der Waals surface area (Å²) in [5.74, 6) is 0. The number of hydrogen-bond acceptors (Lipinski definition) is 3. The molecule has 0 spiro atoms. The van der Waals surface area contributed by atoms with Gasteiger partial charge >= 0.3 is 0 Å². The molecule has 0 radical (unpaired) electrons. The highest BCUT2D eigenvalue weighted by atomic mass is 16.6. The lowest BCUT2D eigenvalue weighted by Gasteiger charge is -1.98. The van der Waals surface area contributed by atoms with Crippen molar-refractivity contribution in [3.63, 3.8) is 0 Å². The van der Waals surface area contributed by atoms with Gasteiger partial charge in [0.05, 0.1) is 4.92 Å². The van der Waals surface area contributed by atoms with E-state index < -0.39 is 4.92 Å². The van der Waals surface area contributed by atoms with E-state index in [4.69, 9.17) is 0 Å². The van der Waals surface area contributed by atoms with Gasteiger partial charge in [0.25, 0.3) is 5.69 Å². The maximum absolute atomic E-state index is 10.3. The van der Waals surface area contributed by atoms with Crippen LogP contribution in [0.5, 0.6) is 0 Å². The van der Waals surface area contributed by atoms with Gasteiger partial charge < -0.3 is 0 Å². The van der Waals surface area contributed by atoms with Crippen molar-refractivity contribution >= 4 is 17.5 Å². The first kappa shape index (κ1) is 14.0. The van der Waals surface area contributed by atoms with Crippen molar-refractivity contribution in [2.24, 2.45) is 0 Å². The summed E-state index contributed by atoms with van der Waals surface area (Å²) in [6.45, 7) is 5.77. The van der Waals surface area contributed by atoms with Crippen LogP contribution in [0.15, 0.2) is 30.3 Å². The fraction of sp³-hybridized carbons (Fsp3) is 0.250. The second-order valence-electron chi connectivity index (χ2n) is 2.79. The molecule has 1 aromatic rings. The van der Waals surface area contributed by atoms with Gasteiger partial charge in [0, 0.05) is 12.1 Å². The van der Waals surface area contributed by atoms with Gasteiger partial charge in [-0.05, 0) is 36.3 Å². The zero-order valence-corrected chi connectivity index (χ0v) is 9.64. The second-order valence-corrected chi connectivity index (χ2v) is 2.79. The molecule has 0 bridgehead atoms. The Balaban J connectivity index is 0.00000106. The molecule has 0 saturated carbocycles. The standard InChI is InChI=1S/C10H9NO3.C2H6/c1-8(6-7-12)9-2-4-10(5-3-9)11(13)14;1-2/h2-7H,1H3;1-2H3/b8-6-;. The van der Waals surface area contributed by atoms with Crippen molar-refractivity contribution in [2.75, 3.05) is 0 Å². The lowest BCUT2D eigenvalue weighted by Crippen LogP contribution is -1.88. The number of hydrogen-bond donors (Lipinski definition) is 0. The summed E-state index contributed by atoms with van der Waals surface area (Å²) in [5, 5.41) is 10.3. The number of aldehydes is 1. The molecule has 0 N–H and O–H groups in total. The predicted molar refractivity (Wildman–Crippen MR) is 64.2 cm³/mol. The quantitative estimate of drug-likeness (QED) is 0.341. The SMILES string of the molecule is C/C(=C/C=O)c1ccc([N+](=O)[O-])cc1.CC. The molecule has 0 unspecified atom stereocenters. The lowest BCUT2D eigenvalue weighted by molar-refractivity contribution is -0.384. The van der Waals surface area contributed by atoms with Crippen LogP contribution in [0, 0.1) is 10.1 Å². The Morgan fingerprint density at radius 3 is 2.12 bits per heavy atom. The Bertz CT molecular complexity index is 380. The van der Waals surface area contributed by atoms with Crippen LogP contribution >= 0.6 is 0 Å². The van der Waals surface area contributed by atoms with Crippen molar-refractivity contribution in [3.05, 3.63) is 46.0 Å². The molecule has 1 aromatic carbocycles. The Morgan fingerprint density at radius 2 is 1.75 bits per heavy atom. The summed E-state index contributed by atoms with van der Waals surface area (Å²) in [6, 6.07) is 6.07. The zero-order chi connectivity index (χ0) is 12.6. The largest absolute Gasteiger partial charge is 0.299 e. The highest BCUT2D eigenvalue weighted by Crippen LogP contribution is 2.17. The Morgan fingerprint density at radius 1 is 1.25 bits per heavy atom. The summed E-state index contributed by atoms with van der Waals surface area (Å²) < 4.78 is 0. The van der Waals surface area contributed by atoms with Crippen LogP contribution < -0.4 is 0 Å². The number of carbonyl (C=O) groups excluding carboxylic acids is 1. The van der Waals surface area contributed by atoms with Crippen LogP contribution in [0.3, 0.4) is 0 Å². The van der Waals surface area contributed by atoms with Gasteiger partial charge in [-0.2, -0.15) is 0 Å². The maximum atomic E-state index is 10.3. The molecule has 0 aliphatic heterocycles. The molecule has 16 heavy (non-hydrogen) atoms. The van der Waals surface area contributed by atoms with Gasteiger partial charge in [0.1, 0.15) is 6.29 Å². The summed E-state index contributed by atoms with van der Waals surface area (Å²) in [5.41, 5.74) is 1.64. The predicted octanol–water partition coefficient (Wildman–Crippen LogP) is 3.22. The molecule has 0 saturated heterocycles. The van der Waals surface area contributed by atoms with Gasteiger partial charge in [-0.25, -0.2) is 0 Å². The molecule has 0 aromatic heterocycles. The molecular formula is C12H15NO3. The summed E-state index contributed by atoms with van der Waals surface area (Å²) in [4.78, 5) is 20.1.